The number of carboxylic acids is 1. The number of hydrogen-bond acceptors (Lipinski definition) is 3. The number of fused-ring (bicyclic) bond motifs is 1. The highest BCUT2D eigenvalue weighted by atomic mass is 19.1. The van der Waals surface area contributed by atoms with Crippen molar-refractivity contribution in [1.82, 2.24) is 14.3 Å². The minimum Gasteiger partial charge on any atom is -0.481 e. The molecule has 6 nitrogen and oxygen atoms in total. The number of likely N-dealkylation sites (tertiary alicyclic amines) is 1. The van der Waals surface area contributed by atoms with Crippen LogP contribution in [0.5, 0.6) is 0 Å². The number of benzene rings is 1. The molecule has 0 bridgehead atoms. The van der Waals surface area contributed by atoms with Crippen LogP contribution in [0.15, 0.2) is 48.5 Å². The standard InChI is InChI=1S/C20H18FN3O3/c1-12-6-5-9-16-22-17(18(21)24(12)16)19(25)23-10-14(15(11-23)20(26)27)13-7-3-2-4-8-13/h2-9,14-15H,10-11H2,1H3,(H,26,27)/t14-,15+/m0/s1. The highest BCUT2D eigenvalue weighted by molar-refractivity contribution is 5.94. The quantitative estimate of drug-likeness (QED) is 0.772. The number of imidazole rings is 1. The number of amides is 1. The van der Waals surface area contributed by atoms with Crippen molar-refractivity contribution in [3.63, 3.8) is 0 Å². The van der Waals surface area contributed by atoms with Crippen LogP contribution < -0.4 is 0 Å². The Labute approximate surface area is 154 Å². The smallest absolute Gasteiger partial charge is 0.308 e. The summed E-state index contributed by atoms with van der Waals surface area (Å²) in [4.78, 5) is 30.1. The summed E-state index contributed by atoms with van der Waals surface area (Å²) in [5.74, 6) is -3.35. The van der Waals surface area contributed by atoms with E-state index in [0.29, 0.717) is 11.3 Å². The molecule has 1 aliphatic heterocycles. The Morgan fingerprint density at radius 2 is 1.85 bits per heavy atom. The predicted octanol–water partition coefficient (Wildman–Crippen LogP) is 2.72. The van der Waals surface area contributed by atoms with Gasteiger partial charge in [0.15, 0.2) is 5.69 Å². The highest BCUT2D eigenvalue weighted by Gasteiger charge is 2.41. The first-order valence-electron chi connectivity index (χ1n) is 8.68. The first-order valence-corrected chi connectivity index (χ1v) is 8.68. The van der Waals surface area contributed by atoms with Gasteiger partial charge in [-0.05, 0) is 24.6 Å². The lowest BCUT2D eigenvalue weighted by molar-refractivity contribution is -0.141. The number of carboxylic acid groups (broad SMARTS) is 1. The van der Waals surface area contributed by atoms with Gasteiger partial charge in [0.2, 0.25) is 5.95 Å². The third kappa shape index (κ3) is 2.85. The van der Waals surface area contributed by atoms with Gasteiger partial charge in [-0.2, -0.15) is 4.39 Å². The van der Waals surface area contributed by atoms with E-state index in [2.05, 4.69) is 4.98 Å². The van der Waals surface area contributed by atoms with E-state index in [-0.39, 0.29) is 24.7 Å². The van der Waals surface area contributed by atoms with Crippen LogP contribution in [0.3, 0.4) is 0 Å². The van der Waals surface area contributed by atoms with E-state index in [0.717, 1.165) is 5.56 Å². The Balaban J connectivity index is 1.68. The largest absolute Gasteiger partial charge is 0.481 e. The Morgan fingerprint density at radius 3 is 2.52 bits per heavy atom. The van der Waals surface area contributed by atoms with E-state index in [1.165, 1.54) is 9.30 Å². The van der Waals surface area contributed by atoms with Crippen LogP contribution in [0.2, 0.25) is 0 Å². The maximum absolute atomic E-state index is 14.8. The lowest BCUT2D eigenvalue weighted by Gasteiger charge is -2.15. The number of carbonyl (C=O) groups excluding carboxylic acids is 1. The minimum atomic E-state index is -0.967. The SMILES string of the molecule is Cc1cccc2nc(C(=O)N3C[C@@H](C(=O)O)[C@H](c4ccccc4)C3)c(F)n12. The van der Waals surface area contributed by atoms with E-state index in [4.69, 9.17) is 0 Å². The number of aliphatic carboxylic acids is 1. The van der Waals surface area contributed by atoms with Crippen molar-refractivity contribution < 1.29 is 19.1 Å². The van der Waals surface area contributed by atoms with Gasteiger partial charge in [0, 0.05) is 24.7 Å². The fourth-order valence-corrected chi connectivity index (χ4v) is 3.76. The molecular weight excluding hydrogens is 349 g/mol. The van der Waals surface area contributed by atoms with Crippen molar-refractivity contribution in [2.45, 2.75) is 12.8 Å². The molecule has 3 heterocycles. The Hall–Kier alpha value is -3.22. The number of hydrogen-bond donors (Lipinski definition) is 1. The van der Waals surface area contributed by atoms with Crippen LogP contribution in [0.4, 0.5) is 4.39 Å². The molecule has 1 amide bonds. The molecule has 0 saturated carbocycles. The van der Waals surface area contributed by atoms with Crippen LogP contribution in [0.1, 0.15) is 27.7 Å². The molecule has 2 atom stereocenters. The third-order valence-corrected chi connectivity index (χ3v) is 5.14. The monoisotopic (exact) mass is 367 g/mol. The maximum Gasteiger partial charge on any atom is 0.308 e. The normalized spacial score (nSPS) is 19.6. The second-order valence-electron chi connectivity index (χ2n) is 6.78. The van der Waals surface area contributed by atoms with E-state index in [9.17, 15) is 19.1 Å². The van der Waals surface area contributed by atoms with Gasteiger partial charge in [-0.1, -0.05) is 36.4 Å². The molecule has 1 N–H and O–H groups in total. The van der Waals surface area contributed by atoms with Crippen LogP contribution in [-0.2, 0) is 4.79 Å². The molecule has 1 aromatic carbocycles. The second-order valence-corrected chi connectivity index (χ2v) is 6.78. The number of aromatic nitrogens is 2. The number of carbonyl (C=O) groups is 2. The summed E-state index contributed by atoms with van der Waals surface area (Å²) in [6, 6.07) is 14.3. The Bertz CT molecular complexity index is 1030. The summed E-state index contributed by atoms with van der Waals surface area (Å²) in [7, 11) is 0. The molecule has 27 heavy (non-hydrogen) atoms. The summed E-state index contributed by atoms with van der Waals surface area (Å²) < 4.78 is 16.1. The lowest BCUT2D eigenvalue weighted by Crippen LogP contribution is -2.30. The van der Waals surface area contributed by atoms with Crippen molar-refractivity contribution in [3.05, 3.63) is 71.4 Å². The molecule has 0 spiro atoms. The number of nitrogens with zero attached hydrogens (tertiary/aromatic N) is 3. The minimum absolute atomic E-state index is 0.0278. The van der Waals surface area contributed by atoms with Gasteiger partial charge in [0.25, 0.3) is 5.91 Å². The van der Waals surface area contributed by atoms with Crippen molar-refractivity contribution in [1.29, 1.82) is 0 Å². The molecule has 2 aromatic heterocycles. The topological polar surface area (TPSA) is 74.9 Å². The zero-order valence-electron chi connectivity index (χ0n) is 14.7. The van der Waals surface area contributed by atoms with Crippen LogP contribution in [0, 0.1) is 18.8 Å². The molecule has 138 valence electrons. The summed E-state index contributed by atoms with van der Waals surface area (Å²) in [6.07, 6.45) is 0. The van der Waals surface area contributed by atoms with Crippen molar-refractivity contribution >= 4 is 17.5 Å². The average Bonchev–Trinajstić information content (AvgIpc) is 3.25. The number of halogens is 1. The number of pyridine rings is 1. The predicted molar refractivity (Wildman–Crippen MR) is 96.1 cm³/mol. The zero-order chi connectivity index (χ0) is 19.1. The first-order chi connectivity index (χ1) is 13.0. The summed E-state index contributed by atoms with van der Waals surface area (Å²) in [6.45, 7) is 1.97. The molecule has 0 aliphatic carbocycles. The molecule has 0 unspecified atom stereocenters. The summed E-state index contributed by atoms with van der Waals surface area (Å²) in [5.41, 5.74) is 1.56. The van der Waals surface area contributed by atoms with Gasteiger partial charge in [0.05, 0.1) is 5.92 Å². The molecule has 7 heteroatoms. The van der Waals surface area contributed by atoms with Gasteiger partial charge < -0.3 is 10.0 Å². The zero-order valence-corrected chi connectivity index (χ0v) is 14.7. The summed E-state index contributed by atoms with van der Waals surface area (Å²) in [5, 5.41) is 9.59. The lowest BCUT2D eigenvalue weighted by atomic mass is 9.89. The molecule has 1 aliphatic rings. The highest BCUT2D eigenvalue weighted by Crippen LogP contribution is 2.34. The second kappa shape index (κ2) is 6.50. The van der Waals surface area contributed by atoms with E-state index in [1.807, 2.05) is 30.3 Å². The number of rotatable bonds is 3. The van der Waals surface area contributed by atoms with Gasteiger partial charge >= 0.3 is 5.97 Å². The van der Waals surface area contributed by atoms with Gasteiger partial charge in [-0.3, -0.25) is 14.0 Å². The molecule has 4 rings (SSSR count). The van der Waals surface area contributed by atoms with Crippen LogP contribution >= 0.6 is 0 Å². The van der Waals surface area contributed by atoms with Crippen molar-refractivity contribution in [2.75, 3.05) is 13.1 Å². The fourth-order valence-electron chi connectivity index (χ4n) is 3.76. The van der Waals surface area contributed by atoms with E-state index in [1.54, 1.807) is 25.1 Å². The first kappa shape index (κ1) is 17.2. The van der Waals surface area contributed by atoms with Gasteiger partial charge in [-0.25, -0.2) is 4.98 Å². The third-order valence-electron chi connectivity index (χ3n) is 5.14. The molecule has 0 radical (unpaired) electrons. The summed E-state index contributed by atoms with van der Waals surface area (Å²) >= 11 is 0. The van der Waals surface area contributed by atoms with Gasteiger partial charge in [0.1, 0.15) is 5.65 Å². The van der Waals surface area contributed by atoms with Crippen LogP contribution in [-0.4, -0.2) is 44.4 Å². The Morgan fingerprint density at radius 1 is 1.11 bits per heavy atom. The molecule has 3 aromatic rings. The van der Waals surface area contributed by atoms with E-state index < -0.39 is 23.7 Å². The molecular formula is C20H18FN3O3. The van der Waals surface area contributed by atoms with E-state index >= 15 is 0 Å². The maximum atomic E-state index is 14.8. The molecule has 1 fully saturated rings. The molecule has 1 saturated heterocycles. The fraction of sp³-hybridized carbons (Fsp3) is 0.250. The van der Waals surface area contributed by atoms with Crippen molar-refractivity contribution in [3.8, 4) is 0 Å². The average molecular weight is 367 g/mol. The number of aryl methyl sites for hydroxylation is 1. The van der Waals surface area contributed by atoms with Gasteiger partial charge in [-0.15, -0.1) is 0 Å². The van der Waals surface area contributed by atoms with Crippen LogP contribution in [0.25, 0.3) is 5.65 Å². The van der Waals surface area contributed by atoms with Crippen molar-refractivity contribution in [2.24, 2.45) is 5.92 Å². The Kier molecular flexibility index (Phi) is 4.14.